The van der Waals surface area contributed by atoms with Crippen molar-refractivity contribution in [1.82, 2.24) is 4.90 Å². The number of carbonyl (C=O) groups is 1. The van der Waals surface area contributed by atoms with Crippen LogP contribution in [0.3, 0.4) is 0 Å². The van der Waals surface area contributed by atoms with Crippen LogP contribution in [0, 0.1) is 0 Å². The first-order chi connectivity index (χ1) is 12.0. The van der Waals surface area contributed by atoms with Crippen molar-refractivity contribution in [2.45, 2.75) is 10.7 Å². The molecule has 0 radical (unpaired) electrons. The van der Waals surface area contributed by atoms with Crippen molar-refractivity contribution < 1.29 is 18.3 Å². The third-order valence-corrected chi connectivity index (χ3v) is 4.24. The molecule has 0 fully saturated rings. The molecule has 0 aliphatic heterocycles. The van der Waals surface area contributed by atoms with Gasteiger partial charge in [0.15, 0.2) is 0 Å². The molecular weight excluding hydrogens is 370 g/mol. The first kappa shape index (κ1) is 19.3. The van der Waals surface area contributed by atoms with Gasteiger partial charge in [-0.15, -0.1) is 0 Å². The summed E-state index contributed by atoms with van der Waals surface area (Å²) in [6.07, 6.45) is 0. The smallest absolute Gasteiger partial charge is 0.321 e. The quantitative estimate of drug-likeness (QED) is 0.665. The maximum absolute atomic E-state index is 12.6. The van der Waals surface area contributed by atoms with Gasteiger partial charge in [0, 0.05) is 17.0 Å². The predicted octanol–water partition coefficient (Wildman–Crippen LogP) is 5.20. The molecule has 0 unspecified atom stereocenters. The molecule has 2 aromatic rings. The number of halogens is 3. The zero-order valence-electron chi connectivity index (χ0n) is 13.4. The van der Waals surface area contributed by atoms with E-state index in [1.165, 1.54) is 11.0 Å². The summed E-state index contributed by atoms with van der Waals surface area (Å²) in [5.41, 5.74) is 0.350. The fourth-order valence-corrected chi connectivity index (χ4v) is 2.63. The van der Waals surface area contributed by atoms with E-state index in [1.54, 1.807) is 49.5 Å². The number of urea groups is 1. The van der Waals surface area contributed by atoms with Crippen LogP contribution in [0.2, 0.25) is 5.02 Å². The summed E-state index contributed by atoms with van der Waals surface area (Å²) >= 11 is 6.19. The summed E-state index contributed by atoms with van der Waals surface area (Å²) in [6.45, 7) is 0.623. The second kappa shape index (κ2) is 9.48. The van der Waals surface area contributed by atoms with Gasteiger partial charge in [-0.25, -0.2) is 4.79 Å². The molecule has 0 aliphatic rings. The van der Waals surface area contributed by atoms with Crippen LogP contribution in [-0.2, 0) is 0 Å². The SMILES string of the molecule is CN(CCOc1ccc(Cl)cc1)C(=O)Nc1ccccc1SC(F)F. The Balaban J connectivity index is 1.85. The topological polar surface area (TPSA) is 41.6 Å². The normalized spacial score (nSPS) is 10.6. The maximum Gasteiger partial charge on any atom is 0.321 e. The van der Waals surface area contributed by atoms with Crippen molar-refractivity contribution in [2.24, 2.45) is 0 Å². The van der Waals surface area contributed by atoms with E-state index < -0.39 is 11.8 Å². The molecule has 0 saturated heterocycles. The van der Waals surface area contributed by atoms with E-state index in [1.807, 2.05) is 0 Å². The van der Waals surface area contributed by atoms with Gasteiger partial charge in [-0.2, -0.15) is 8.78 Å². The zero-order chi connectivity index (χ0) is 18.2. The van der Waals surface area contributed by atoms with Crippen LogP contribution in [0.4, 0.5) is 19.3 Å². The number of hydrogen-bond acceptors (Lipinski definition) is 3. The van der Waals surface area contributed by atoms with E-state index >= 15 is 0 Å². The van der Waals surface area contributed by atoms with Gasteiger partial charge in [0.2, 0.25) is 0 Å². The van der Waals surface area contributed by atoms with Gasteiger partial charge < -0.3 is 15.0 Å². The molecule has 25 heavy (non-hydrogen) atoms. The molecule has 0 atom stereocenters. The average molecular weight is 387 g/mol. The number of hydrogen-bond donors (Lipinski definition) is 1. The Hall–Kier alpha value is -1.99. The predicted molar refractivity (Wildman–Crippen MR) is 96.9 cm³/mol. The highest BCUT2D eigenvalue weighted by Gasteiger charge is 2.14. The number of anilines is 1. The Labute approximate surface area is 154 Å². The molecule has 134 valence electrons. The fourth-order valence-electron chi connectivity index (χ4n) is 1.91. The Kier molecular flexibility index (Phi) is 7.33. The third kappa shape index (κ3) is 6.43. The van der Waals surface area contributed by atoms with Crippen molar-refractivity contribution in [1.29, 1.82) is 0 Å². The largest absolute Gasteiger partial charge is 0.492 e. The van der Waals surface area contributed by atoms with Gasteiger partial charge in [0.25, 0.3) is 5.76 Å². The summed E-state index contributed by atoms with van der Waals surface area (Å²) < 4.78 is 30.7. The molecule has 2 aromatic carbocycles. The Morgan fingerprint density at radius 1 is 1.24 bits per heavy atom. The van der Waals surface area contributed by atoms with Crippen LogP contribution in [-0.4, -0.2) is 36.9 Å². The monoisotopic (exact) mass is 386 g/mol. The molecule has 0 aliphatic carbocycles. The summed E-state index contributed by atoms with van der Waals surface area (Å²) in [6, 6.07) is 12.9. The van der Waals surface area contributed by atoms with Gasteiger partial charge in [-0.1, -0.05) is 35.5 Å². The molecule has 4 nitrogen and oxygen atoms in total. The lowest BCUT2D eigenvalue weighted by Crippen LogP contribution is -2.34. The van der Waals surface area contributed by atoms with E-state index in [0.29, 0.717) is 46.3 Å². The number of rotatable bonds is 7. The zero-order valence-corrected chi connectivity index (χ0v) is 15.0. The Morgan fingerprint density at radius 3 is 2.60 bits per heavy atom. The van der Waals surface area contributed by atoms with E-state index in [0.717, 1.165) is 0 Å². The first-order valence-corrected chi connectivity index (χ1v) is 8.66. The summed E-state index contributed by atoms with van der Waals surface area (Å²) in [5, 5.41) is 3.25. The number of amides is 2. The second-order valence-electron chi connectivity index (χ2n) is 5.03. The lowest BCUT2D eigenvalue weighted by Gasteiger charge is -2.19. The van der Waals surface area contributed by atoms with Crippen LogP contribution in [0.25, 0.3) is 0 Å². The summed E-state index contributed by atoms with van der Waals surface area (Å²) in [7, 11) is 1.60. The number of para-hydroxylation sites is 1. The minimum atomic E-state index is -2.55. The fraction of sp³-hybridized carbons (Fsp3) is 0.235. The van der Waals surface area contributed by atoms with Crippen LogP contribution < -0.4 is 10.1 Å². The molecular formula is C17H17ClF2N2O2S. The molecule has 0 spiro atoms. The van der Waals surface area contributed by atoms with Gasteiger partial charge in [0.1, 0.15) is 12.4 Å². The lowest BCUT2D eigenvalue weighted by molar-refractivity contribution is 0.207. The highest BCUT2D eigenvalue weighted by molar-refractivity contribution is 7.99. The molecule has 2 amide bonds. The third-order valence-electron chi connectivity index (χ3n) is 3.20. The van der Waals surface area contributed by atoms with Gasteiger partial charge in [-0.05, 0) is 36.4 Å². The van der Waals surface area contributed by atoms with Crippen LogP contribution in [0.5, 0.6) is 5.75 Å². The lowest BCUT2D eigenvalue weighted by atomic mass is 10.3. The molecule has 1 N–H and O–H groups in total. The van der Waals surface area contributed by atoms with E-state index in [4.69, 9.17) is 16.3 Å². The average Bonchev–Trinajstić information content (AvgIpc) is 2.58. The molecule has 8 heteroatoms. The van der Waals surface area contributed by atoms with E-state index in [-0.39, 0.29) is 0 Å². The Morgan fingerprint density at radius 2 is 1.92 bits per heavy atom. The van der Waals surface area contributed by atoms with Gasteiger partial charge in [-0.3, -0.25) is 0 Å². The highest BCUT2D eigenvalue weighted by Crippen LogP contribution is 2.31. The van der Waals surface area contributed by atoms with Crippen molar-refractivity contribution in [3.63, 3.8) is 0 Å². The summed E-state index contributed by atoms with van der Waals surface area (Å²) in [4.78, 5) is 13.9. The van der Waals surface area contributed by atoms with E-state index in [2.05, 4.69) is 5.32 Å². The number of alkyl halides is 2. The van der Waals surface area contributed by atoms with Crippen LogP contribution in [0.15, 0.2) is 53.4 Å². The Bertz CT molecular complexity index is 701. The van der Waals surface area contributed by atoms with Crippen LogP contribution in [0.1, 0.15) is 0 Å². The highest BCUT2D eigenvalue weighted by atomic mass is 35.5. The molecule has 0 heterocycles. The van der Waals surface area contributed by atoms with E-state index in [9.17, 15) is 13.6 Å². The number of ether oxygens (including phenoxy) is 1. The van der Waals surface area contributed by atoms with Gasteiger partial charge >= 0.3 is 6.03 Å². The number of nitrogens with zero attached hydrogens (tertiary/aromatic N) is 1. The summed E-state index contributed by atoms with van der Waals surface area (Å²) in [5.74, 6) is -1.90. The number of likely N-dealkylation sites (N-methyl/N-ethyl adjacent to an activating group) is 1. The maximum atomic E-state index is 12.6. The number of benzene rings is 2. The van der Waals surface area contributed by atoms with Crippen LogP contribution >= 0.6 is 23.4 Å². The standard InChI is InChI=1S/C17H17ClF2N2O2S/c1-22(10-11-24-13-8-6-12(18)7-9-13)17(23)21-14-4-2-3-5-15(14)25-16(19)20/h2-9,16H,10-11H2,1H3,(H,21,23). The molecule has 0 aromatic heterocycles. The number of nitrogens with one attached hydrogen (secondary N) is 1. The second-order valence-corrected chi connectivity index (χ2v) is 6.50. The number of thioether (sulfide) groups is 1. The molecule has 0 bridgehead atoms. The number of carbonyl (C=O) groups excluding carboxylic acids is 1. The first-order valence-electron chi connectivity index (χ1n) is 7.40. The minimum Gasteiger partial charge on any atom is -0.492 e. The molecule has 2 rings (SSSR count). The minimum absolute atomic E-state index is 0.291. The molecule has 0 saturated carbocycles. The van der Waals surface area contributed by atoms with Crippen molar-refractivity contribution >= 4 is 35.1 Å². The van der Waals surface area contributed by atoms with Crippen molar-refractivity contribution in [3.8, 4) is 5.75 Å². The van der Waals surface area contributed by atoms with Gasteiger partial charge in [0.05, 0.1) is 12.2 Å². The van der Waals surface area contributed by atoms with Crippen molar-refractivity contribution in [3.05, 3.63) is 53.6 Å². The van der Waals surface area contributed by atoms with Crippen molar-refractivity contribution in [2.75, 3.05) is 25.5 Å².